The third-order valence-electron chi connectivity index (χ3n) is 5.99. The smallest absolute Gasteiger partial charge is 0.333 e. The lowest BCUT2D eigenvalue weighted by Gasteiger charge is -2.18. The maximum Gasteiger partial charge on any atom is 0.333 e. The number of hydrogen-bond donors (Lipinski definition) is 1. The second-order valence-corrected chi connectivity index (χ2v) is 8.95. The van der Waals surface area contributed by atoms with Crippen molar-refractivity contribution in [2.45, 2.75) is 32.7 Å². The number of nitrogens with one attached hydrogen (secondary N) is 1. The molecule has 1 saturated carbocycles. The normalized spacial score (nSPS) is 13.2. The number of halogens is 2. The first-order chi connectivity index (χ1) is 18.7. The fourth-order valence-electron chi connectivity index (χ4n) is 3.78. The highest BCUT2D eigenvalue weighted by Crippen LogP contribution is 2.35. The van der Waals surface area contributed by atoms with Crippen LogP contribution in [0.3, 0.4) is 0 Å². The van der Waals surface area contributed by atoms with E-state index < -0.39 is 35.5 Å². The van der Waals surface area contributed by atoms with Crippen LogP contribution in [0.15, 0.2) is 66.6 Å². The van der Waals surface area contributed by atoms with Gasteiger partial charge in [0.25, 0.3) is 5.91 Å². The van der Waals surface area contributed by atoms with Gasteiger partial charge in [0, 0.05) is 17.8 Å². The van der Waals surface area contributed by atoms with Crippen molar-refractivity contribution in [1.29, 1.82) is 0 Å². The zero-order valence-corrected chi connectivity index (χ0v) is 21.5. The summed E-state index contributed by atoms with van der Waals surface area (Å²) in [6, 6.07) is 11.4. The van der Waals surface area contributed by atoms with E-state index in [1.807, 2.05) is 0 Å². The van der Waals surface area contributed by atoms with Crippen LogP contribution >= 0.6 is 0 Å². The number of pyridine rings is 1. The van der Waals surface area contributed by atoms with Crippen LogP contribution in [0.5, 0.6) is 11.5 Å². The van der Waals surface area contributed by atoms with Gasteiger partial charge in [-0.15, -0.1) is 0 Å². The summed E-state index contributed by atoms with van der Waals surface area (Å²) in [5.74, 6) is -3.05. The molecule has 39 heavy (non-hydrogen) atoms. The van der Waals surface area contributed by atoms with Crippen molar-refractivity contribution in [3.05, 3.63) is 95.0 Å². The molecule has 0 unspecified atom stereocenters. The van der Waals surface area contributed by atoms with Gasteiger partial charge in [0.15, 0.2) is 11.4 Å². The van der Waals surface area contributed by atoms with Gasteiger partial charge in [0.2, 0.25) is 5.75 Å². The second kappa shape index (κ2) is 11.8. The van der Waals surface area contributed by atoms with E-state index >= 15 is 0 Å². The van der Waals surface area contributed by atoms with E-state index in [-0.39, 0.29) is 28.9 Å². The molecular weight excluding hydrogens is 510 g/mol. The Kier molecular flexibility index (Phi) is 8.33. The molecule has 1 aliphatic rings. The molecule has 1 fully saturated rings. The van der Waals surface area contributed by atoms with Crippen LogP contribution in [0.4, 0.5) is 8.78 Å². The molecule has 1 N–H and O–H groups in total. The van der Waals surface area contributed by atoms with Crippen molar-refractivity contribution in [3.63, 3.8) is 0 Å². The van der Waals surface area contributed by atoms with Crippen molar-refractivity contribution in [2.24, 2.45) is 5.92 Å². The Morgan fingerprint density at radius 3 is 2.03 bits per heavy atom. The highest BCUT2D eigenvalue weighted by atomic mass is 19.1. The lowest BCUT2D eigenvalue weighted by molar-refractivity contribution is -0.141. The van der Waals surface area contributed by atoms with Gasteiger partial charge in [-0.25, -0.2) is 18.6 Å². The molecule has 0 spiro atoms. The van der Waals surface area contributed by atoms with Gasteiger partial charge in [-0.2, -0.15) is 0 Å². The van der Waals surface area contributed by atoms with Crippen molar-refractivity contribution in [3.8, 4) is 11.5 Å². The van der Waals surface area contributed by atoms with E-state index in [9.17, 15) is 23.2 Å². The van der Waals surface area contributed by atoms with Crippen molar-refractivity contribution < 1.29 is 37.4 Å². The molecule has 202 valence electrons. The summed E-state index contributed by atoms with van der Waals surface area (Å²) in [6.45, 7) is 2.95. The number of ether oxygens (including phenoxy) is 3. The molecule has 4 rings (SSSR count). The number of hydrogen-bond acceptors (Lipinski definition) is 7. The number of allylic oxidation sites excluding steroid dienone is 1. The molecule has 1 amide bonds. The van der Waals surface area contributed by atoms with E-state index in [2.05, 4.69) is 10.3 Å². The van der Waals surface area contributed by atoms with E-state index in [1.165, 1.54) is 81.8 Å². The van der Waals surface area contributed by atoms with Crippen LogP contribution in [0.25, 0.3) is 5.57 Å². The summed E-state index contributed by atoms with van der Waals surface area (Å²) in [5, 5.41) is 2.50. The predicted molar refractivity (Wildman–Crippen MR) is 137 cm³/mol. The van der Waals surface area contributed by atoms with E-state index in [1.54, 1.807) is 0 Å². The number of carbonyl (C=O) groups is 3. The van der Waals surface area contributed by atoms with Gasteiger partial charge in [0.1, 0.15) is 23.4 Å². The Labute approximate surface area is 223 Å². The summed E-state index contributed by atoms with van der Waals surface area (Å²) >= 11 is 0. The average Bonchev–Trinajstić information content (AvgIpc) is 3.77. The van der Waals surface area contributed by atoms with Crippen LogP contribution in [-0.4, -0.2) is 36.0 Å². The maximum absolute atomic E-state index is 13.5. The third-order valence-corrected chi connectivity index (χ3v) is 5.99. The number of nitrogens with zero attached hydrogens (tertiary/aromatic N) is 1. The molecule has 8 nitrogen and oxygen atoms in total. The molecule has 0 bridgehead atoms. The summed E-state index contributed by atoms with van der Waals surface area (Å²) < 4.78 is 43.3. The Bertz CT molecular complexity index is 1370. The first-order valence-corrected chi connectivity index (χ1v) is 12.2. The first kappa shape index (κ1) is 27.4. The summed E-state index contributed by atoms with van der Waals surface area (Å²) in [5.41, 5.74) is 1.28. The summed E-state index contributed by atoms with van der Waals surface area (Å²) in [7, 11) is 1.36. The molecule has 0 saturated heterocycles. The van der Waals surface area contributed by atoms with Crippen LogP contribution in [0, 0.1) is 17.6 Å². The van der Waals surface area contributed by atoms with Crippen LogP contribution in [0.1, 0.15) is 48.3 Å². The highest BCUT2D eigenvalue weighted by molar-refractivity contribution is 5.99. The Balaban J connectivity index is 1.55. The van der Waals surface area contributed by atoms with Crippen LogP contribution in [0.2, 0.25) is 0 Å². The number of esters is 2. The number of aromatic nitrogens is 1. The monoisotopic (exact) mass is 536 g/mol. The minimum Gasteiger partial charge on any atom is -0.493 e. The lowest BCUT2D eigenvalue weighted by Crippen LogP contribution is -2.40. The number of rotatable bonds is 9. The molecule has 0 aliphatic heterocycles. The van der Waals surface area contributed by atoms with Gasteiger partial charge in [-0.3, -0.25) is 9.59 Å². The molecule has 1 aromatic heterocycles. The van der Waals surface area contributed by atoms with Gasteiger partial charge < -0.3 is 19.5 Å². The largest absolute Gasteiger partial charge is 0.493 e. The average molecular weight is 537 g/mol. The molecule has 10 heteroatoms. The number of methoxy groups -OCH3 is 1. The fourth-order valence-corrected chi connectivity index (χ4v) is 3.78. The number of carbonyl (C=O) groups excluding carboxylic acids is 3. The van der Waals surface area contributed by atoms with Crippen LogP contribution < -0.4 is 14.8 Å². The van der Waals surface area contributed by atoms with E-state index in [4.69, 9.17) is 14.2 Å². The van der Waals surface area contributed by atoms with Gasteiger partial charge in [0.05, 0.1) is 13.0 Å². The quantitative estimate of drug-likeness (QED) is 0.309. The van der Waals surface area contributed by atoms with Gasteiger partial charge in [-0.05, 0) is 62.1 Å². The van der Waals surface area contributed by atoms with Gasteiger partial charge in [-0.1, -0.05) is 24.3 Å². The summed E-state index contributed by atoms with van der Waals surface area (Å²) in [4.78, 5) is 42.3. The highest BCUT2D eigenvalue weighted by Gasteiger charge is 2.34. The predicted octanol–water partition coefficient (Wildman–Crippen LogP) is 4.82. The zero-order chi connectivity index (χ0) is 28.1. The zero-order valence-electron chi connectivity index (χ0n) is 21.5. The molecule has 1 aliphatic carbocycles. The molecule has 0 radical (unpaired) electrons. The first-order valence-electron chi connectivity index (χ1n) is 12.2. The SMILES string of the molecule is COc1ccnc(C(=O)N[C@@H](C)C(=O)OC(C)=C(c2ccc(F)cc2)c2ccc(F)cc2)c1OC(=O)C1CC1. The van der Waals surface area contributed by atoms with Gasteiger partial charge >= 0.3 is 11.9 Å². The second-order valence-electron chi connectivity index (χ2n) is 8.95. The molecule has 1 atom stereocenters. The van der Waals surface area contributed by atoms with E-state index in [0.29, 0.717) is 29.5 Å². The Morgan fingerprint density at radius 2 is 1.51 bits per heavy atom. The topological polar surface area (TPSA) is 104 Å². The maximum atomic E-state index is 13.5. The number of benzene rings is 2. The Hall–Kier alpha value is -4.60. The molecule has 3 aromatic rings. The number of amides is 1. The molecule has 1 heterocycles. The Morgan fingerprint density at radius 1 is 0.949 bits per heavy atom. The van der Waals surface area contributed by atoms with Crippen molar-refractivity contribution in [2.75, 3.05) is 7.11 Å². The minimum absolute atomic E-state index is 0.138. The summed E-state index contributed by atoms with van der Waals surface area (Å²) in [6.07, 6.45) is 2.72. The molecule has 2 aromatic carbocycles. The van der Waals surface area contributed by atoms with Crippen molar-refractivity contribution >= 4 is 23.4 Å². The fraction of sp³-hybridized carbons (Fsp3) is 0.241. The third kappa shape index (κ3) is 6.64. The van der Waals surface area contributed by atoms with Crippen LogP contribution in [-0.2, 0) is 14.3 Å². The standard InChI is InChI=1S/C29H26F2N2O6/c1-16(33-27(34)25-26(23(37-3)14-15-32-25)39-29(36)20-4-5-20)28(35)38-17(2)24(18-6-10-21(30)11-7-18)19-8-12-22(31)13-9-19/h6-16,20H,4-5H2,1-3H3,(H,33,34)/t16-/m0/s1. The lowest BCUT2D eigenvalue weighted by atomic mass is 9.97. The van der Waals surface area contributed by atoms with Crippen molar-refractivity contribution in [1.82, 2.24) is 10.3 Å². The molecular formula is C29H26F2N2O6. The minimum atomic E-state index is -1.14. The van der Waals surface area contributed by atoms with E-state index in [0.717, 1.165) is 0 Å².